The number of aromatic nitrogens is 1. The largest absolute Gasteiger partial charge is 0.465 e. The van der Waals surface area contributed by atoms with Crippen molar-refractivity contribution in [2.24, 2.45) is 5.92 Å². The Labute approximate surface area is 151 Å². The summed E-state index contributed by atoms with van der Waals surface area (Å²) in [5.74, 6) is -2.10. The maximum absolute atomic E-state index is 12.6. The quantitative estimate of drug-likeness (QED) is 0.408. The van der Waals surface area contributed by atoms with Crippen LogP contribution >= 0.6 is 0 Å². The molecule has 1 aliphatic heterocycles. The summed E-state index contributed by atoms with van der Waals surface area (Å²) in [6, 6.07) is 1.12. The highest BCUT2D eigenvalue weighted by atomic mass is 16.6. The van der Waals surface area contributed by atoms with Gasteiger partial charge in [-0.1, -0.05) is 0 Å². The van der Waals surface area contributed by atoms with Crippen LogP contribution < -0.4 is 0 Å². The Morgan fingerprint density at radius 3 is 2.62 bits per heavy atom. The monoisotopic (exact) mass is 365 g/mol. The van der Waals surface area contributed by atoms with Crippen LogP contribution in [-0.2, 0) is 14.3 Å². The zero-order valence-corrected chi connectivity index (χ0v) is 15.1. The molecule has 2 atom stereocenters. The minimum absolute atomic E-state index is 0.0614. The molecular formula is C17H23N3O6. The SMILES string of the molecule is CCOC(=O)c1cc([N+](=O)[O-])cnc1C(C(=O)OCC)C1CCN(C)C1. The average molecular weight is 365 g/mol. The predicted octanol–water partition coefficient (Wildman–Crippen LogP) is 1.76. The smallest absolute Gasteiger partial charge is 0.340 e. The third-order valence-corrected chi connectivity index (χ3v) is 4.34. The average Bonchev–Trinajstić information content (AvgIpc) is 3.01. The minimum Gasteiger partial charge on any atom is -0.465 e. The topological polar surface area (TPSA) is 112 Å². The number of ether oxygens (including phenoxy) is 2. The second-order valence-electron chi connectivity index (χ2n) is 6.14. The van der Waals surface area contributed by atoms with Gasteiger partial charge < -0.3 is 14.4 Å². The summed E-state index contributed by atoms with van der Waals surface area (Å²) in [7, 11) is 1.94. The van der Waals surface area contributed by atoms with Crippen molar-refractivity contribution in [2.75, 3.05) is 33.4 Å². The van der Waals surface area contributed by atoms with Gasteiger partial charge in [-0.25, -0.2) is 4.79 Å². The number of carbonyl (C=O) groups is 2. The van der Waals surface area contributed by atoms with Crippen molar-refractivity contribution in [2.45, 2.75) is 26.2 Å². The van der Waals surface area contributed by atoms with Crippen LogP contribution in [0.3, 0.4) is 0 Å². The summed E-state index contributed by atoms with van der Waals surface area (Å²) in [4.78, 5) is 41.6. The molecule has 0 bridgehead atoms. The van der Waals surface area contributed by atoms with Gasteiger partial charge in [-0.05, 0) is 39.8 Å². The molecule has 0 saturated carbocycles. The Hall–Kier alpha value is -2.55. The lowest BCUT2D eigenvalue weighted by Gasteiger charge is -2.23. The molecule has 0 radical (unpaired) electrons. The molecule has 2 heterocycles. The Bertz CT molecular complexity index is 693. The van der Waals surface area contributed by atoms with Crippen LogP contribution in [0.15, 0.2) is 12.3 Å². The van der Waals surface area contributed by atoms with E-state index in [2.05, 4.69) is 9.88 Å². The van der Waals surface area contributed by atoms with Gasteiger partial charge in [0.2, 0.25) is 0 Å². The number of carbonyl (C=O) groups excluding carboxylic acids is 2. The molecule has 2 rings (SSSR count). The molecule has 1 aromatic rings. The highest BCUT2D eigenvalue weighted by Gasteiger charge is 2.39. The van der Waals surface area contributed by atoms with E-state index >= 15 is 0 Å². The van der Waals surface area contributed by atoms with E-state index in [0.717, 1.165) is 25.2 Å². The van der Waals surface area contributed by atoms with Crippen LogP contribution in [0.25, 0.3) is 0 Å². The van der Waals surface area contributed by atoms with E-state index in [-0.39, 0.29) is 36.1 Å². The molecule has 0 spiro atoms. The van der Waals surface area contributed by atoms with E-state index in [4.69, 9.17) is 9.47 Å². The normalized spacial score (nSPS) is 18.3. The Balaban J connectivity index is 2.52. The van der Waals surface area contributed by atoms with Gasteiger partial charge in [-0.2, -0.15) is 0 Å². The van der Waals surface area contributed by atoms with Crippen molar-refractivity contribution >= 4 is 17.6 Å². The van der Waals surface area contributed by atoms with E-state index in [1.165, 1.54) is 0 Å². The summed E-state index contributed by atoms with van der Waals surface area (Å²) < 4.78 is 10.2. The van der Waals surface area contributed by atoms with E-state index in [9.17, 15) is 19.7 Å². The molecule has 26 heavy (non-hydrogen) atoms. The minimum atomic E-state index is -0.778. The number of esters is 2. The summed E-state index contributed by atoms with van der Waals surface area (Å²) >= 11 is 0. The lowest BCUT2D eigenvalue weighted by atomic mass is 9.86. The van der Waals surface area contributed by atoms with Crippen LogP contribution in [-0.4, -0.2) is 60.1 Å². The number of nitrogens with zero attached hydrogens (tertiary/aromatic N) is 3. The number of rotatable bonds is 7. The molecule has 9 heteroatoms. The summed E-state index contributed by atoms with van der Waals surface area (Å²) in [6.45, 7) is 5.09. The van der Waals surface area contributed by atoms with Gasteiger partial charge in [0.05, 0.1) is 29.4 Å². The fraction of sp³-hybridized carbons (Fsp3) is 0.588. The summed E-state index contributed by atoms with van der Waals surface area (Å²) in [5, 5.41) is 11.1. The molecule has 0 amide bonds. The van der Waals surface area contributed by atoms with Gasteiger partial charge in [-0.15, -0.1) is 0 Å². The zero-order chi connectivity index (χ0) is 19.3. The first-order chi connectivity index (χ1) is 12.4. The first-order valence-corrected chi connectivity index (χ1v) is 8.55. The molecule has 2 unspecified atom stereocenters. The van der Waals surface area contributed by atoms with Crippen LogP contribution in [0, 0.1) is 16.0 Å². The third kappa shape index (κ3) is 4.34. The molecule has 0 aliphatic carbocycles. The first kappa shape index (κ1) is 19.8. The first-order valence-electron chi connectivity index (χ1n) is 8.55. The van der Waals surface area contributed by atoms with Gasteiger partial charge in [0.25, 0.3) is 5.69 Å². The van der Waals surface area contributed by atoms with Crippen molar-refractivity contribution in [1.82, 2.24) is 9.88 Å². The number of likely N-dealkylation sites (tertiary alicyclic amines) is 1. The second-order valence-corrected chi connectivity index (χ2v) is 6.14. The lowest BCUT2D eigenvalue weighted by molar-refractivity contribution is -0.385. The molecule has 1 fully saturated rings. The van der Waals surface area contributed by atoms with Gasteiger partial charge in [-0.3, -0.25) is 19.9 Å². The number of hydrogen-bond acceptors (Lipinski definition) is 8. The van der Waals surface area contributed by atoms with Crippen LogP contribution in [0.2, 0.25) is 0 Å². The van der Waals surface area contributed by atoms with E-state index in [0.29, 0.717) is 6.54 Å². The van der Waals surface area contributed by atoms with Crippen molar-refractivity contribution < 1.29 is 24.0 Å². The van der Waals surface area contributed by atoms with Gasteiger partial charge >= 0.3 is 11.9 Å². The second kappa shape index (κ2) is 8.70. The molecule has 1 saturated heterocycles. The van der Waals surface area contributed by atoms with Crippen LogP contribution in [0.5, 0.6) is 0 Å². The fourth-order valence-corrected chi connectivity index (χ4v) is 3.18. The number of pyridine rings is 1. The fourth-order valence-electron chi connectivity index (χ4n) is 3.18. The van der Waals surface area contributed by atoms with Crippen molar-refractivity contribution in [3.63, 3.8) is 0 Å². The molecule has 0 aromatic carbocycles. The van der Waals surface area contributed by atoms with E-state index in [1.54, 1.807) is 13.8 Å². The van der Waals surface area contributed by atoms with Crippen molar-refractivity contribution in [1.29, 1.82) is 0 Å². The molecule has 1 aliphatic rings. The van der Waals surface area contributed by atoms with Gasteiger partial charge in [0, 0.05) is 12.6 Å². The molecule has 1 aromatic heterocycles. The Morgan fingerprint density at radius 2 is 2.08 bits per heavy atom. The predicted molar refractivity (Wildman–Crippen MR) is 91.8 cm³/mol. The summed E-state index contributed by atoms with van der Waals surface area (Å²) in [6.07, 6.45) is 1.80. The van der Waals surface area contributed by atoms with E-state index < -0.39 is 22.8 Å². The Morgan fingerprint density at radius 1 is 1.38 bits per heavy atom. The standard InChI is InChI=1S/C17H23N3O6/c1-4-25-16(21)13-8-12(20(23)24)9-18-15(13)14(17(22)26-5-2)11-6-7-19(3)10-11/h8-9,11,14H,4-7,10H2,1-3H3. The van der Waals surface area contributed by atoms with E-state index in [1.807, 2.05) is 7.05 Å². The van der Waals surface area contributed by atoms with Gasteiger partial charge in [0.1, 0.15) is 12.1 Å². The maximum atomic E-state index is 12.6. The number of hydrogen-bond donors (Lipinski definition) is 0. The summed E-state index contributed by atoms with van der Waals surface area (Å²) in [5.41, 5.74) is -0.218. The lowest BCUT2D eigenvalue weighted by Crippen LogP contribution is -2.29. The zero-order valence-electron chi connectivity index (χ0n) is 15.1. The number of nitro groups is 1. The van der Waals surface area contributed by atoms with Crippen LogP contribution in [0.4, 0.5) is 5.69 Å². The van der Waals surface area contributed by atoms with Crippen molar-refractivity contribution in [3.8, 4) is 0 Å². The van der Waals surface area contributed by atoms with Crippen LogP contribution in [0.1, 0.15) is 42.2 Å². The highest BCUT2D eigenvalue weighted by molar-refractivity contribution is 5.93. The maximum Gasteiger partial charge on any atom is 0.340 e. The third-order valence-electron chi connectivity index (χ3n) is 4.34. The molecule has 142 valence electrons. The van der Waals surface area contributed by atoms with Gasteiger partial charge in [0.15, 0.2) is 0 Å². The highest BCUT2D eigenvalue weighted by Crippen LogP contribution is 2.34. The molecule has 0 N–H and O–H groups in total. The molecular weight excluding hydrogens is 342 g/mol. The Kier molecular flexibility index (Phi) is 6.62. The molecule has 9 nitrogen and oxygen atoms in total. The van der Waals surface area contributed by atoms with Crippen molar-refractivity contribution in [3.05, 3.63) is 33.6 Å².